The Kier molecular flexibility index (Phi) is 15.0. The second-order valence-corrected chi connectivity index (χ2v) is 15.0. The molecular formula is C45H51ClN6O7. The van der Waals surface area contributed by atoms with E-state index in [2.05, 4.69) is 25.8 Å². The van der Waals surface area contributed by atoms with E-state index in [1.54, 1.807) is 43.3 Å². The Bertz CT molecular complexity index is 2290. The Hall–Kier alpha value is -5.89. The number of anilines is 2. The van der Waals surface area contributed by atoms with E-state index in [0.717, 1.165) is 40.7 Å². The Balaban J connectivity index is 0.866. The highest BCUT2D eigenvalue weighted by atomic mass is 35.5. The topological polar surface area (TPSA) is 165 Å². The molecule has 0 saturated carbocycles. The van der Waals surface area contributed by atoms with Crippen LogP contribution in [0.1, 0.15) is 43.2 Å². The number of phenolic OH excluding ortho intramolecular Hbond substituents is 1. The predicted octanol–water partition coefficient (Wildman–Crippen LogP) is 7.18. The zero-order valence-corrected chi connectivity index (χ0v) is 34.1. The average molecular weight is 823 g/mol. The molecule has 4 aromatic carbocycles. The van der Waals surface area contributed by atoms with Crippen LogP contribution in [0.2, 0.25) is 5.02 Å². The SMILES string of the molecule is COc1cc(NC(=O)CCCN(C)C(=O)CCN2CCC(OC(=O)Nc3ccccc3-c3ccccc3)CC2)c(Cl)cc1CNCCc1ccc(O)c2[nH]c(=O)ccc12. The van der Waals surface area contributed by atoms with E-state index in [1.165, 1.54) is 6.07 Å². The number of benzene rings is 4. The summed E-state index contributed by atoms with van der Waals surface area (Å²) in [7, 11) is 3.30. The molecule has 5 aromatic rings. The standard InChI is InChI=1S/C45H51ClN6O7/c1-51(43(56)21-26-52-24-19-33(20-25-52)59-45(57)49-37-12-7-6-11-34(37)30-9-4-3-5-10-30)23-8-13-41(54)48-38-28-40(58-2)32(27-36(38)46)29-47-22-18-31-14-16-39(53)44-35(31)15-17-42(55)50-44/h3-7,9-12,14-17,27-28,33,47,53H,8,13,18-26,29H2,1-2H3,(H,48,54)(H,49,57)(H,50,55). The highest BCUT2D eigenvalue weighted by Gasteiger charge is 2.24. The summed E-state index contributed by atoms with van der Waals surface area (Å²) in [5, 5.41) is 20.5. The second-order valence-electron chi connectivity index (χ2n) is 14.6. The van der Waals surface area contributed by atoms with Crippen molar-refractivity contribution >= 4 is 51.8 Å². The van der Waals surface area contributed by atoms with Gasteiger partial charge < -0.3 is 40.0 Å². The minimum atomic E-state index is -0.474. The Morgan fingerprint density at radius 1 is 0.915 bits per heavy atom. The molecule has 5 N–H and O–H groups in total. The monoisotopic (exact) mass is 822 g/mol. The maximum atomic E-state index is 12.9. The number of likely N-dealkylation sites (tertiary alicyclic amines) is 1. The second kappa shape index (κ2) is 20.7. The average Bonchev–Trinajstić information content (AvgIpc) is 3.24. The number of para-hydroxylation sites is 1. The van der Waals surface area contributed by atoms with Gasteiger partial charge in [-0.1, -0.05) is 66.2 Å². The number of hydrogen-bond acceptors (Lipinski definition) is 9. The molecule has 1 fully saturated rings. The van der Waals surface area contributed by atoms with Crippen molar-refractivity contribution in [1.29, 1.82) is 0 Å². The zero-order valence-electron chi connectivity index (χ0n) is 33.4. The molecule has 310 valence electrons. The molecule has 0 unspecified atom stereocenters. The molecule has 0 atom stereocenters. The quantitative estimate of drug-likeness (QED) is 0.0612. The highest BCUT2D eigenvalue weighted by molar-refractivity contribution is 6.33. The number of rotatable bonds is 17. The molecule has 13 nitrogen and oxygen atoms in total. The number of aromatic hydroxyl groups is 1. The molecule has 0 bridgehead atoms. The Morgan fingerprint density at radius 2 is 1.68 bits per heavy atom. The van der Waals surface area contributed by atoms with Crippen molar-refractivity contribution in [2.45, 2.75) is 51.2 Å². The van der Waals surface area contributed by atoms with Crippen LogP contribution in [0.15, 0.2) is 95.8 Å². The number of nitrogens with zero attached hydrogens (tertiary/aromatic N) is 2. The maximum absolute atomic E-state index is 12.9. The number of phenols is 1. The fraction of sp³-hybridized carbons (Fsp3) is 0.333. The third kappa shape index (κ3) is 11.8. The number of carbonyl (C=O) groups excluding carboxylic acids is 3. The van der Waals surface area contributed by atoms with Gasteiger partial charge >= 0.3 is 6.09 Å². The normalized spacial score (nSPS) is 13.2. The van der Waals surface area contributed by atoms with Gasteiger partial charge in [0.1, 0.15) is 17.6 Å². The van der Waals surface area contributed by atoms with Crippen LogP contribution in [0.5, 0.6) is 11.5 Å². The van der Waals surface area contributed by atoms with Gasteiger partial charge in [0.25, 0.3) is 0 Å². The van der Waals surface area contributed by atoms with Crippen LogP contribution in [-0.4, -0.2) is 90.8 Å². The van der Waals surface area contributed by atoms with E-state index in [0.29, 0.717) is 85.9 Å². The summed E-state index contributed by atoms with van der Waals surface area (Å²) in [6.45, 7) is 3.56. The predicted molar refractivity (Wildman–Crippen MR) is 231 cm³/mol. The van der Waals surface area contributed by atoms with E-state index in [1.807, 2.05) is 60.7 Å². The van der Waals surface area contributed by atoms with Crippen molar-refractivity contribution in [2.75, 3.05) is 57.5 Å². The number of halogens is 1. The number of aromatic nitrogens is 1. The number of aromatic amines is 1. The van der Waals surface area contributed by atoms with Gasteiger partial charge in [0.2, 0.25) is 17.4 Å². The molecule has 1 saturated heterocycles. The van der Waals surface area contributed by atoms with Gasteiger partial charge in [-0.25, -0.2) is 4.79 Å². The molecule has 0 radical (unpaired) electrons. The first kappa shape index (κ1) is 42.7. The van der Waals surface area contributed by atoms with Crippen LogP contribution in [0, 0.1) is 0 Å². The molecule has 1 aliphatic rings. The van der Waals surface area contributed by atoms with Crippen LogP contribution in [0.4, 0.5) is 16.2 Å². The maximum Gasteiger partial charge on any atom is 0.411 e. The number of H-pyrrole nitrogens is 1. The summed E-state index contributed by atoms with van der Waals surface area (Å²) < 4.78 is 11.4. The van der Waals surface area contributed by atoms with E-state index in [4.69, 9.17) is 21.1 Å². The lowest BCUT2D eigenvalue weighted by atomic mass is 10.0. The summed E-state index contributed by atoms with van der Waals surface area (Å²) in [6.07, 6.45) is 2.41. The first-order chi connectivity index (χ1) is 28.6. The summed E-state index contributed by atoms with van der Waals surface area (Å²) >= 11 is 6.58. The molecule has 0 aliphatic carbocycles. The van der Waals surface area contributed by atoms with Crippen LogP contribution in [0.25, 0.3) is 22.0 Å². The summed E-state index contributed by atoms with van der Waals surface area (Å²) in [5.41, 5.74) is 5.00. The minimum absolute atomic E-state index is 0.00461. The van der Waals surface area contributed by atoms with Crippen molar-refractivity contribution in [1.82, 2.24) is 20.1 Å². The fourth-order valence-electron chi connectivity index (χ4n) is 7.24. The molecule has 1 aliphatic heterocycles. The zero-order chi connectivity index (χ0) is 41.7. The number of pyridine rings is 1. The molecule has 6 rings (SSSR count). The lowest BCUT2D eigenvalue weighted by Gasteiger charge is -2.31. The van der Waals surface area contributed by atoms with E-state index >= 15 is 0 Å². The Labute approximate surface area is 348 Å². The van der Waals surface area contributed by atoms with Crippen LogP contribution in [-0.2, 0) is 27.3 Å². The number of nitrogens with one attached hydrogen (secondary N) is 4. The molecule has 0 spiro atoms. The summed E-state index contributed by atoms with van der Waals surface area (Å²) in [6, 6.07) is 27.5. The van der Waals surface area contributed by atoms with Crippen molar-refractivity contribution < 1.29 is 29.0 Å². The van der Waals surface area contributed by atoms with E-state index in [9.17, 15) is 24.3 Å². The number of fused-ring (bicyclic) bond motifs is 1. The summed E-state index contributed by atoms with van der Waals surface area (Å²) in [4.78, 5) is 56.8. The van der Waals surface area contributed by atoms with Crippen LogP contribution in [0.3, 0.4) is 0 Å². The van der Waals surface area contributed by atoms with Crippen molar-refractivity contribution in [3.05, 3.63) is 117 Å². The van der Waals surface area contributed by atoms with Crippen molar-refractivity contribution in [3.63, 3.8) is 0 Å². The lowest BCUT2D eigenvalue weighted by molar-refractivity contribution is -0.130. The van der Waals surface area contributed by atoms with Gasteiger partial charge in [-0.15, -0.1) is 0 Å². The molecule has 3 amide bonds. The number of piperidine rings is 1. The molecule has 14 heteroatoms. The number of amides is 3. The third-order valence-corrected chi connectivity index (χ3v) is 10.8. The van der Waals surface area contributed by atoms with Gasteiger partial charge in [0.05, 0.1) is 29.0 Å². The van der Waals surface area contributed by atoms with Gasteiger partial charge in [0.15, 0.2) is 0 Å². The van der Waals surface area contributed by atoms with Gasteiger partial charge in [-0.2, -0.15) is 0 Å². The van der Waals surface area contributed by atoms with Gasteiger partial charge in [-0.05, 0) is 67.6 Å². The smallest absolute Gasteiger partial charge is 0.411 e. The number of hydrogen-bond donors (Lipinski definition) is 5. The van der Waals surface area contributed by atoms with Crippen LogP contribution >= 0.6 is 11.6 Å². The summed E-state index contributed by atoms with van der Waals surface area (Å²) in [5.74, 6) is 0.378. The first-order valence-corrected chi connectivity index (χ1v) is 20.2. The molecule has 59 heavy (non-hydrogen) atoms. The molecule has 1 aromatic heterocycles. The minimum Gasteiger partial charge on any atom is -0.506 e. The Morgan fingerprint density at radius 3 is 2.46 bits per heavy atom. The fourth-order valence-corrected chi connectivity index (χ4v) is 7.47. The largest absolute Gasteiger partial charge is 0.506 e. The number of ether oxygens (including phenoxy) is 2. The highest BCUT2D eigenvalue weighted by Crippen LogP contribution is 2.32. The van der Waals surface area contributed by atoms with Crippen molar-refractivity contribution in [2.24, 2.45) is 0 Å². The van der Waals surface area contributed by atoms with Gasteiger partial charge in [-0.3, -0.25) is 19.7 Å². The van der Waals surface area contributed by atoms with Crippen molar-refractivity contribution in [3.8, 4) is 22.6 Å². The molecular weight excluding hydrogens is 772 g/mol. The third-order valence-electron chi connectivity index (χ3n) is 10.5. The van der Waals surface area contributed by atoms with E-state index in [-0.39, 0.29) is 35.6 Å². The van der Waals surface area contributed by atoms with E-state index < -0.39 is 6.09 Å². The molecule has 2 heterocycles. The number of carbonyl (C=O) groups is 3. The van der Waals surface area contributed by atoms with Crippen LogP contribution < -0.4 is 26.2 Å². The lowest BCUT2D eigenvalue weighted by Crippen LogP contribution is -2.40. The first-order valence-electron chi connectivity index (χ1n) is 19.9. The number of methoxy groups -OCH3 is 1. The van der Waals surface area contributed by atoms with Gasteiger partial charge in [0, 0.05) is 81.3 Å².